The lowest BCUT2D eigenvalue weighted by atomic mass is 10.1. The second-order valence-corrected chi connectivity index (χ2v) is 5.17. The number of aryl methyl sites for hydroxylation is 1. The number of rotatable bonds is 4. The lowest BCUT2D eigenvalue weighted by Gasteiger charge is -2.09. The summed E-state index contributed by atoms with van der Waals surface area (Å²) in [4.78, 5) is 9.31. The minimum absolute atomic E-state index is 0.209. The molecule has 0 saturated carbocycles. The molecular weight excluding hydrogens is 253 g/mol. The van der Waals surface area contributed by atoms with Crippen LogP contribution in [-0.2, 0) is 25.9 Å². The maximum atomic E-state index is 13.2. The van der Waals surface area contributed by atoms with Gasteiger partial charge in [-0.2, -0.15) is 0 Å². The lowest BCUT2D eigenvalue weighted by molar-refractivity contribution is 0.625. The number of nitrogens with one attached hydrogen (secondary N) is 1. The molecule has 2 heterocycles. The SMILES string of the molecule is CCCc1nc(Cc2cccc(F)c2)nc2c1CNC2. The largest absolute Gasteiger partial charge is 0.307 e. The molecular formula is C16H18FN3. The molecule has 0 unspecified atom stereocenters. The summed E-state index contributed by atoms with van der Waals surface area (Å²) in [5.74, 6) is 0.584. The first-order valence-electron chi connectivity index (χ1n) is 7.09. The van der Waals surface area contributed by atoms with E-state index in [0.717, 1.165) is 48.7 Å². The maximum Gasteiger partial charge on any atom is 0.133 e. The summed E-state index contributed by atoms with van der Waals surface area (Å²) in [7, 11) is 0. The number of nitrogens with zero attached hydrogens (tertiary/aromatic N) is 2. The molecule has 0 saturated heterocycles. The molecule has 0 aliphatic carbocycles. The van der Waals surface area contributed by atoms with E-state index in [9.17, 15) is 4.39 Å². The fourth-order valence-electron chi connectivity index (χ4n) is 2.65. The average molecular weight is 271 g/mol. The van der Waals surface area contributed by atoms with Gasteiger partial charge in [0.1, 0.15) is 11.6 Å². The van der Waals surface area contributed by atoms with Gasteiger partial charge >= 0.3 is 0 Å². The van der Waals surface area contributed by atoms with Gasteiger partial charge in [-0.3, -0.25) is 0 Å². The molecule has 0 atom stereocenters. The highest BCUT2D eigenvalue weighted by Gasteiger charge is 2.18. The second kappa shape index (κ2) is 5.67. The number of hydrogen-bond acceptors (Lipinski definition) is 3. The summed E-state index contributed by atoms with van der Waals surface area (Å²) in [6, 6.07) is 6.65. The Kier molecular flexibility index (Phi) is 3.74. The molecule has 20 heavy (non-hydrogen) atoms. The summed E-state index contributed by atoms with van der Waals surface area (Å²) in [5, 5.41) is 3.32. The van der Waals surface area contributed by atoms with Crippen molar-refractivity contribution in [1.82, 2.24) is 15.3 Å². The number of fused-ring (bicyclic) bond motifs is 1. The summed E-state index contributed by atoms with van der Waals surface area (Å²) < 4.78 is 13.2. The normalized spacial score (nSPS) is 13.5. The van der Waals surface area contributed by atoms with Crippen molar-refractivity contribution in [3.63, 3.8) is 0 Å². The monoisotopic (exact) mass is 271 g/mol. The van der Waals surface area contributed by atoms with Crippen LogP contribution in [0.2, 0.25) is 0 Å². The van der Waals surface area contributed by atoms with Crippen LogP contribution in [-0.4, -0.2) is 9.97 Å². The van der Waals surface area contributed by atoms with Crippen LogP contribution in [0.25, 0.3) is 0 Å². The van der Waals surface area contributed by atoms with Crippen LogP contribution in [0, 0.1) is 5.82 Å². The highest BCUT2D eigenvalue weighted by Crippen LogP contribution is 2.19. The molecule has 104 valence electrons. The van der Waals surface area contributed by atoms with Crippen molar-refractivity contribution in [2.45, 2.75) is 39.3 Å². The first-order valence-corrected chi connectivity index (χ1v) is 7.09. The van der Waals surface area contributed by atoms with Crippen LogP contribution < -0.4 is 5.32 Å². The van der Waals surface area contributed by atoms with E-state index in [1.54, 1.807) is 12.1 Å². The molecule has 2 aromatic rings. The van der Waals surface area contributed by atoms with Gasteiger partial charge in [0.05, 0.1) is 5.69 Å². The smallest absolute Gasteiger partial charge is 0.133 e. The van der Waals surface area contributed by atoms with E-state index in [4.69, 9.17) is 0 Å². The fraction of sp³-hybridized carbons (Fsp3) is 0.375. The molecule has 0 radical (unpaired) electrons. The van der Waals surface area contributed by atoms with E-state index in [1.807, 2.05) is 6.07 Å². The number of aromatic nitrogens is 2. The molecule has 1 aromatic carbocycles. The topological polar surface area (TPSA) is 37.8 Å². The molecule has 0 spiro atoms. The predicted octanol–water partition coefficient (Wildman–Crippen LogP) is 2.76. The zero-order valence-electron chi connectivity index (χ0n) is 11.6. The fourth-order valence-corrected chi connectivity index (χ4v) is 2.65. The molecule has 4 heteroatoms. The molecule has 1 aliphatic rings. The summed E-state index contributed by atoms with van der Waals surface area (Å²) in [5.41, 5.74) is 4.43. The van der Waals surface area contributed by atoms with Crippen molar-refractivity contribution in [3.8, 4) is 0 Å². The van der Waals surface area contributed by atoms with E-state index in [1.165, 1.54) is 11.6 Å². The van der Waals surface area contributed by atoms with Crippen LogP contribution in [0.15, 0.2) is 24.3 Å². The predicted molar refractivity (Wildman–Crippen MR) is 75.8 cm³/mol. The van der Waals surface area contributed by atoms with Crippen LogP contribution in [0.4, 0.5) is 4.39 Å². The maximum absolute atomic E-state index is 13.2. The van der Waals surface area contributed by atoms with E-state index in [0.29, 0.717) is 6.42 Å². The van der Waals surface area contributed by atoms with Crippen LogP contribution in [0.1, 0.15) is 41.7 Å². The van der Waals surface area contributed by atoms with Gasteiger partial charge in [-0.15, -0.1) is 0 Å². The van der Waals surface area contributed by atoms with Crippen molar-refractivity contribution in [1.29, 1.82) is 0 Å². The Bertz CT molecular complexity index is 625. The zero-order chi connectivity index (χ0) is 13.9. The Morgan fingerprint density at radius 3 is 2.95 bits per heavy atom. The third-order valence-electron chi connectivity index (χ3n) is 3.56. The summed E-state index contributed by atoms with van der Waals surface area (Å²) in [6.45, 7) is 3.83. The van der Waals surface area contributed by atoms with Crippen molar-refractivity contribution in [3.05, 3.63) is 58.4 Å². The Morgan fingerprint density at radius 2 is 2.15 bits per heavy atom. The van der Waals surface area contributed by atoms with E-state index in [-0.39, 0.29) is 5.82 Å². The number of hydrogen-bond donors (Lipinski definition) is 1. The molecule has 0 fully saturated rings. The van der Waals surface area contributed by atoms with Crippen LogP contribution >= 0.6 is 0 Å². The van der Waals surface area contributed by atoms with E-state index in [2.05, 4.69) is 22.2 Å². The van der Waals surface area contributed by atoms with Gasteiger partial charge in [-0.1, -0.05) is 25.5 Å². The molecule has 1 aromatic heterocycles. The minimum atomic E-state index is -0.209. The van der Waals surface area contributed by atoms with Crippen LogP contribution in [0.5, 0.6) is 0 Å². The number of benzene rings is 1. The standard InChI is InChI=1S/C16H18FN3/c1-2-4-14-13-9-18-10-15(13)20-16(19-14)8-11-5-3-6-12(17)7-11/h3,5-7,18H,2,4,8-10H2,1H3. The molecule has 0 bridgehead atoms. The third kappa shape index (κ3) is 2.70. The van der Waals surface area contributed by atoms with Gasteiger partial charge < -0.3 is 5.32 Å². The van der Waals surface area contributed by atoms with Gasteiger partial charge in [0.25, 0.3) is 0 Å². The number of halogens is 1. The third-order valence-corrected chi connectivity index (χ3v) is 3.56. The molecule has 1 N–H and O–H groups in total. The minimum Gasteiger partial charge on any atom is -0.307 e. The van der Waals surface area contributed by atoms with Crippen molar-refractivity contribution in [2.24, 2.45) is 0 Å². The van der Waals surface area contributed by atoms with Gasteiger partial charge in [0.2, 0.25) is 0 Å². The quantitative estimate of drug-likeness (QED) is 0.929. The second-order valence-electron chi connectivity index (χ2n) is 5.17. The first-order chi connectivity index (χ1) is 9.76. The van der Waals surface area contributed by atoms with Crippen molar-refractivity contribution >= 4 is 0 Å². The Balaban J connectivity index is 1.92. The first kappa shape index (κ1) is 13.2. The van der Waals surface area contributed by atoms with Crippen molar-refractivity contribution < 1.29 is 4.39 Å². The molecule has 3 rings (SSSR count). The zero-order valence-corrected chi connectivity index (χ0v) is 11.6. The highest BCUT2D eigenvalue weighted by atomic mass is 19.1. The van der Waals surface area contributed by atoms with Gasteiger partial charge in [-0.25, -0.2) is 14.4 Å². The lowest BCUT2D eigenvalue weighted by Crippen LogP contribution is -2.06. The van der Waals surface area contributed by atoms with E-state index >= 15 is 0 Å². The average Bonchev–Trinajstić information content (AvgIpc) is 2.87. The Labute approximate surface area is 118 Å². The summed E-state index contributed by atoms with van der Waals surface area (Å²) >= 11 is 0. The van der Waals surface area contributed by atoms with Crippen molar-refractivity contribution in [2.75, 3.05) is 0 Å². The van der Waals surface area contributed by atoms with Crippen LogP contribution in [0.3, 0.4) is 0 Å². The van der Waals surface area contributed by atoms with E-state index < -0.39 is 0 Å². The molecule has 3 nitrogen and oxygen atoms in total. The molecule has 0 amide bonds. The van der Waals surface area contributed by atoms with Gasteiger partial charge in [-0.05, 0) is 24.1 Å². The Hall–Kier alpha value is -1.81. The van der Waals surface area contributed by atoms with Gasteiger partial charge in [0.15, 0.2) is 0 Å². The highest BCUT2D eigenvalue weighted by molar-refractivity contribution is 5.31. The molecule has 1 aliphatic heterocycles. The van der Waals surface area contributed by atoms with Gasteiger partial charge in [0, 0.05) is 30.8 Å². The Morgan fingerprint density at radius 1 is 1.25 bits per heavy atom. The summed E-state index contributed by atoms with van der Waals surface area (Å²) in [6.07, 6.45) is 2.63.